The highest BCUT2D eigenvalue weighted by Gasteiger charge is 2.25. The second-order valence-corrected chi connectivity index (χ2v) is 6.83. The Morgan fingerprint density at radius 3 is 2.38 bits per heavy atom. The van der Waals surface area contributed by atoms with Crippen molar-refractivity contribution in [2.45, 2.75) is 26.7 Å². The van der Waals surface area contributed by atoms with E-state index in [0.717, 1.165) is 18.6 Å². The van der Waals surface area contributed by atoms with Crippen molar-refractivity contribution in [1.82, 2.24) is 0 Å². The fourth-order valence-electron chi connectivity index (χ4n) is 2.00. The van der Waals surface area contributed by atoms with Crippen molar-refractivity contribution in [3.63, 3.8) is 0 Å². The number of allylic oxidation sites excluding steroid dienone is 1. The quantitative estimate of drug-likeness (QED) is 0.161. The zero-order valence-corrected chi connectivity index (χ0v) is 14.1. The molecule has 0 spiro atoms. The van der Waals surface area contributed by atoms with Gasteiger partial charge in [-0.15, -0.1) is 0 Å². The van der Waals surface area contributed by atoms with E-state index in [-0.39, 0.29) is 41.0 Å². The molecule has 10 heteroatoms. The van der Waals surface area contributed by atoms with Gasteiger partial charge in [0.15, 0.2) is 11.5 Å². The molecule has 0 saturated carbocycles. The van der Waals surface area contributed by atoms with Crippen molar-refractivity contribution < 1.29 is 19.6 Å². The van der Waals surface area contributed by atoms with E-state index in [1.165, 1.54) is 11.6 Å². The molecule has 132 valence electrons. The van der Waals surface area contributed by atoms with Crippen molar-refractivity contribution in [2.75, 3.05) is 16.5 Å². The van der Waals surface area contributed by atoms with Gasteiger partial charge in [-0.2, -0.15) is 0 Å². The number of phenols is 2. The number of benzene rings is 1. The van der Waals surface area contributed by atoms with Crippen LogP contribution >= 0.6 is 7.59 Å². The molecule has 0 aromatic heterocycles. The third kappa shape index (κ3) is 6.70. The predicted molar refractivity (Wildman–Crippen MR) is 100.0 cm³/mol. The van der Waals surface area contributed by atoms with Crippen LogP contribution in [0.1, 0.15) is 26.7 Å². The molecule has 7 N–H and O–H groups in total. The zero-order valence-electron chi connectivity index (χ0n) is 13.2. The molecule has 0 saturated heterocycles. The molecular formula is C14H25MgN4O4P. The summed E-state index contributed by atoms with van der Waals surface area (Å²) in [6.45, 7) is 3.49. The van der Waals surface area contributed by atoms with E-state index in [4.69, 9.17) is 11.0 Å². The average molecular weight is 369 g/mol. The molecule has 24 heavy (non-hydrogen) atoms. The number of rotatable bonds is 7. The maximum atomic E-state index is 12.2. The van der Waals surface area contributed by atoms with Crippen molar-refractivity contribution in [2.24, 2.45) is 11.0 Å². The van der Waals surface area contributed by atoms with Crippen LogP contribution in [0, 0.1) is 0 Å². The monoisotopic (exact) mass is 368 g/mol. The van der Waals surface area contributed by atoms with Crippen molar-refractivity contribution in [1.29, 1.82) is 0 Å². The van der Waals surface area contributed by atoms with Crippen molar-refractivity contribution in [3.05, 3.63) is 24.3 Å². The predicted octanol–water partition coefficient (Wildman–Crippen LogP) is 1.33. The van der Waals surface area contributed by atoms with Crippen molar-refractivity contribution in [3.8, 4) is 11.5 Å². The molecule has 0 radical (unpaired) electrons. The standard InChI is InChI=1S/C14H23N4O4P.Mg.2H/c1-3-4-5-6-7-18(23(15,16)22)12-9-14(21)13(20)8-11(12)17-10(2)19;;;/h4-5,8-9,20-21H,3,6-7H2,1-2H3,(H,17,19)(H4,15,16,22);;;. The number of nitrogens with one attached hydrogen (secondary N) is 1. The van der Waals surface area contributed by atoms with E-state index in [9.17, 15) is 19.6 Å². The van der Waals surface area contributed by atoms with Crippen LogP contribution in [0.4, 0.5) is 11.4 Å². The van der Waals surface area contributed by atoms with E-state index in [0.29, 0.717) is 6.42 Å². The molecule has 0 aliphatic rings. The highest BCUT2D eigenvalue weighted by molar-refractivity contribution is 7.60. The summed E-state index contributed by atoms with van der Waals surface area (Å²) in [4.78, 5) is 11.3. The minimum absolute atomic E-state index is 0. The van der Waals surface area contributed by atoms with Crippen LogP contribution in [0.5, 0.6) is 11.5 Å². The van der Waals surface area contributed by atoms with E-state index in [2.05, 4.69) is 5.32 Å². The lowest BCUT2D eigenvalue weighted by molar-refractivity contribution is -0.114. The molecule has 1 rings (SSSR count). The minimum Gasteiger partial charge on any atom is -0.504 e. The molecule has 0 fully saturated rings. The summed E-state index contributed by atoms with van der Waals surface area (Å²) in [7, 11) is -3.70. The Labute approximate surface area is 157 Å². The summed E-state index contributed by atoms with van der Waals surface area (Å²) in [6.07, 6.45) is 5.22. The topological polar surface area (TPSA) is 142 Å². The van der Waals surface area contributed by atoms with Gasteiger partial charge in [0.2, 0.25) is 5.91 Å². The Bertz CT molecular complexity index is 648. The molecule has 8 nitrogen and oxygen atoms in total. The summed E-state index contributed by atoms with van der Waals surface area (Å²) in [5.41, 5.74) is 11.5. The number of carbonyl (C=O) groups excluding carboxylic acids is 1. The molecule has 1 aromatic carbocycles. The van der Waals surface area contributed by atoms with Gasteiger partial charge < -0.3 is 15.5 Å². The van der Waals surface area contributed by atoms with Crippen LogP contribution in [-0.2, 0) is 9.36 Å². The first-order chi connectivity index (χ1) is 10.7. The lowest BCUT2D eigenvalue weighted by Gasteiger charge is -2.29. The summed E-state index contributed by atoms with van der Waals surface area (Å²) < 4.78 is 13.4. The third-order valence-corrected chi connectivity index (χ3v) is 4.14. The number of aromatic hydroxyl groups is 2. The van der Waals surface area contributed by atoms with Gasteiger partial charge in [0.1, 0.15) is 0 Å². The minimum atomic E-state index is -3.70. The Morgan fingerprint density at radius 2 is 1.88 bits per heavy atom. The summed E-state index contributed by atoms with van der Waals surface area (Å²) in [5.74, 6) is -1.25. The second kappa shape index (κ2) is 9.90. The van der Waals surface area contributed by atoms with Gasteiger partial charge in [-0.1, -0.05) is 19.1 Å². The summed E-state index contributed by atoms with van der Waals surface area (Å²) in [6, 6.07) is 2.31. The molecular weight excluding hydrogens is 343 g/mol. The number of hydrogen-bond acceptors (Lipinski definition) is 4. The Morgan fingerprint density at radius 1 is 1.29 bits per heavy atom. The number of carbonyl (C=O) groups is 1. The van der Waals surface area contributed by atoms with Gasteiger partial charge >= 0.3 is 30.6 Å². The molecule has 0 atom stereocenters. The summed E-state index contributed by atoms with van der Waals surface area (Å²) in [5, 5.41) is 21.8. The Hall–Kier alpha value is -1.25. The largest absolute Gasteiger partial charge is 0.504 e. The van der Waals surface area contributed by atoms with Gasteiger partial charge in [0.25, 0.3) is 0 Å². The number of amides is 1. The van der Waals surface area contributed by atoms with Gasteiger partial charge in [0, 0.05) is 25.6 Å². The van der Waals surface area contributed by atoms with Crippen LogP contribution in [0.25, 0.3) is 0 Å². The SMILES string of the molecule is CCC=CCCN(c1cc(O)c(O)cc1NC(C)=O)P(N)(N)=O.[MgH2]. The first-order valence-corrected chi connectivity index (χ1v) is 8.90. The van der Waals surface area contributed by atoms with Crippen LogP contribution < -0.4 is 21.0 Å². The van der Waals surface area contributed by atoms with Crippen LogP contribution in [0.15, 0.2) is 24.3 Å². The smallest absolute Gasteiger partial charge is 0.316 e. The van der Waals surface area contributed by atoms with Crippen molar-refractivity contribution >= 4 is 47.9 Å². The molecule has 0 unspecified atom stereocenters. The highest BCUT2D eigenvalue weighted by Crippen LogP contribution is 2.45. The number of anilines is 2. The maximum absolute atomic E-state index is 12.2. The fourth-order valence-corrected chi connectivity index (χ4v) is 2.93. The third-order valence-electron chi connectivity index (χ3n) is 2.97. The number of hydrogen-bond donors (Lipinski definition) is 5. The normalized spacial score (nSPS) is 11.2. The van der Waals surface area contributed by atoms with E-state index >= 15 is 0 Å². The lowest BCUT2D eigenvalue weighted by Crippen LogP contribution is -2.30. The fraction of sp³-hybridized carbons (Fsp3) is 0.357. The molecule has 1 aromatic rings. The van der Waals surface area contributed by atoms with Gasteiger partial charge in [-0.3, -0.25) is 25.0 Å². The van der Waals surface area contributed by atoms with E-state index in [1.54, 1.807) is 0 Å². The maximum Gasteiger partial charge on any atom is 0.316 e. The zero-order chi connectivity index (χ0) is 17.6. The molecule has 0 bridgehead atoms. The van der Waals surface area contributed by atoms with Gasteiger partial charge in [-0.05, 0) is 12.8 Å². The van der Waals surface area contributed by atoms with E-state index in [1.807, 2.05) is 19.1 Å². The highest BCUT2D eigenvalue weighted by atomic mass is 31.2. The first kappa shape index (κ1) is 22.7. The average Bonchev–Trinajstić information content (AvgIpc) is 2.41. The second-order valence-electron chi connectivity index (χ2n) is 5.00. The van der Waals surface area contributed by atoms with Gasteiger partial charge in [0.05, 0.1) is 11.4 Å². The molecule has 0 aliphatic carbocycles. The molecule has 0 aliphatic heterocycles. The van der Waals surface area contributed by atoms with E-state index < -0.39 is 25.0 Å². The Kier molecular flexibility index (Phi) is 9.38. The van der Waals surface area contributed by atoms with Crippen LogP contribution in [-0.4, -0.2) is 45.7 Å². The molecule has 1 amide bonds. The first-order valence-electron chi connectivity index (χ1n) is 7.10. The van der Waals surface area contributed by atoms with Crippen LogP contribution in [0.2, 0.25) is 0 Å². The lowest BCUT2D eigenvalue weighted by atomic mass is 10.2. The molecule has 0 heterocycles. The van der Waals surface area contributed by atoms with Crippen LogP contribution in [0.3, 0.4) is 0 Å². The Balaban J connectivity index is 0.00000529. The number of phenolic OH excluding ortho intramolecular Hbond substituents is 2. The number of nitrogens with two attached hydrogens (primary N) is 2. The summed E-state index contributed by atoms with van der Waals surface area (Å²) >= 11 is 0. The number of nitrogens with zero attached hydrogens (tertiary/aromatic N) is 1. The van der Waals surface area contributed by atoms with Gasteiger partial charge in [-0.25, -0.2) is 0 Å².